The Labute approximate surface area is 191 Å². The molecule has 7 heteroatoms. The number of nitrogens with one attached hydrogen (secondary N) is 1. The van der Waals surface area contributed by atoms with E-state index in [1.54, 1.807) is 6.20 Å². The van der Waals surface area contributed by atoms with Gasteiger partial charge >= 0.3 is 0 Å². The van der Waals surface area contributed by atoms with Crippen molar-refractivity contribution in [2.24, 2.45) is 0 Å². The summed E-state index contributed by atoms with van der Waals surface area (Å²) in [6, 6.07) is 18.7. The van der Waals surface area contributed by atoms with Gasteiger partial charge < -0.3 is 15.3 Å². The summed E-state index contributed by atoms with van der Waals surface area (Å²) in [5.74, 6) is -0.216. The fourth-order valence-electron chi connectivity index (χ4n) is 4.50. The molecule has 3 heterocycles. The monoisotopic (exact) mass is 440 g/mol. The molecule has 7 nitrogen and oxygen atoms in total. The van der Waals surface area contributed by atoms with Crippen LogP contribution in [0, 0.1) is 0 Å². The van der Waals surface area contributed by atoms with Gasteiger partial charge in [-0.1, -0.05) is 30.3 Å². The van der Waals surface area contributed by atoms with Crippen LogP contribution in [0.4, 0.5) is 0 Å². The number of amides is 2. The Balaban J connectivity index is 1.43. The standard InChI is InChI=1S/C26H24N4O3/c31-14-12-28-25(32)21-15-24(29-23-8-2-1-5-19(21)23)17-10-13-30(16-17)26(33)20-6-3-9-22-18(20)7-4-11-27-22/h1-9,11,15,17,31H,10,12-14,16H2,(H,28,32). The molecule has 33 heavy (non-hydrogen) atoms. The Morgan fingerprint density at radius 2 is 1.79 bits per heavy atom. The maximum absolute atomic E-state index is 13.3. The minimum atomic E-state index is -0.238. The van der Waals surface area contributed by atoms with Gasteiger partial charge in [0.15, 0.2) is 0 Å². The average molecular weight is 441 g/mol. The summed E-state index contributed by atoms with van der Waals surface area (Å²) >= 11 is 0. The van der Waals surface area contributed by atoms with Gasteiger partial charge in [0.1, 0.15) is 0 Å². The summed E-state index contributed by atoms with van der Waals surface area (Å²) in [4.78, 5) is 37.1. The number of para-hydroxylation sites is 1. The van der Waals surface area contributed by atoms with Gasteiger partial charge in [-0.2, -0.15) is 0 Å². The lowest BCUT2D eigenvalue weighted by atomic mass is 9.99. The molecular weight excluding hydrogens is 416 g/mol. The number of fused-ring (bicyclic) bond motifs is 2. The molecule has 0 radical (unpaired) electrons. The quantitative estimate of drug-likeness (QED) is 0.497. The molecule has 0 spiro atoms. The highest BCUT2D eigenvalue weighted by atomic mass is 16.3. The molecule has 4 aromatic rings. The number of hydrogen-bond donors (Lipinski definition) is 2. The summed E-state index contributed by atoms with van der Waals surface area (Å²) in [6.07, 6.45) is 2.50. The first-order valence-electron chi connectivity index (χ1n) is 11.1. The maximum atomic E-state index is 13.3. The smallest absolute Gasteiger partial charge is 0.254 e. The summed E-state index contributed by atoms with van der Waals surface area (Å²) in [6.45, 7) is 1.24. The minimum Gasteiger partial charge on any atom is -0.395 e. The lowest BCUT2D eigenvalue weighted by Crippen LogP contribution is -2.29. The van der Waals surface area contributed by atoms with Crippen LogP contribution in [0.15, 0.2) is 66.9 Å². The van der Waals surface area contributed by atoms with Crippen molar-refractivity contribution >= 4 is 33.6 Å². The van der Waals surface area contributed by atoms with Crippen LogP contribution in [0.3, 0.4) is 0 Å². The predicted octanol–water partition coefficient (Wildman–Crippen LogP) is 3.13. The third kappa shape index (κ3) is 4.03. The van der Waals surface area contributed by atoms with Gasteiger partial charge in [0, 0.05) is 53.8 Å². The first-order valence-corrected chi connectivity index (χ1v) is 11.1. The third-order valence-corrected chi connectivity index (χ3v) is 6.15. The second-order valence-corrected chi connectivity index (χ2v) is 8.20. The Morgan fingerprint density at radius 3 is 2.67 bits per heavy atom. The van der Waals surface area contributed by atoms with Gasteiger partial charge in [-0.25, -0.2) is 0 Å². The summed E-state index contributed by atoms with van der Waals surface area (Å²) in [7, 11) is 0. The van der Waals surface area contributed by atoms with Crippen LogP contribution in [-0.2, 0) is 0 Å². The normalized spacial score (nSPS) is 15.8. The average Bonchev–Trinajstić information content (AvgIpc) is 3.36. The lowest BCUT2D eigenvalue weighted by molar-refractivity contribution is 0.0792. The topological polar surface area (TPSA) is 95.4 Å². The maximum Gasteiger partial charge on any atom is 0.254 e. The van der Waals surface area contributed by atoms with Crippen LogP contribution in [0.25, 0.3) is 21.8 Å². The molecule has 1 unspecified atom stereocenters. The fraction of sp³-hybridized carbons (Fsp3) is 0.231. The van der Waals surface area contributed by atoms with Crippen LogP contribution < -0.4 is 5.32 Å². The van der Waals surface area contributed by atoms with E-state index in [1.165, 1.54) is 0 Å². The number of aromatic nitrogens is 2. The van der Waals surface area contributed by atoms with Gasteiger partial charge in [-0.3, -0.25) is 19.6 Å². The molecular formula is C26H24N4O3. The van der Waals surface area contributed by atoms with Gasteiger partial charge in [0.05, 0.1) is 23.2 Å². The van der Waals surface area contributed by atoms with E-state index in [2.05, 4.69) is 10.3 Å². The van der Waals surface area contributed by atoms with E-state index in [-0.39, 0.29) is 30.9 Å². The molecule has 1 atom stereocenters. The van der Waals surface area contributed by atoms with Gasteiger partial charge in [-0.15, -0.1) is 0 Å². The Hall–Kier alpha value is -3.84. The van der Waals surface area contributed by atoms with E-state index in [0.29, 0.717) is 24.2 Å². The van der Waals surface area contributed by atoms with E-state index < -0.39 is 0 Å². The summed E-state index contributed by atoms with van der Waals surface area (Å²) in [5.41, 5.74) is 3.53. The van der Waals surface area contributed by atoms with E-state index in [4.69, 9.17) is 10.1 Å². The number of carbonyl (C=O) groups is 2. The van der Waals surface area contributed by atoms with E-state index in [0.717, 1.165) is 33.9 Å². The van der Waals surface area contributed by atoms with Gasteiger partial charge in [0.2, 0.25) is 0 Å². The largest absolute Gasteiger partial charge is 0.395 e. The molecule has 1 fully saturated rings. The van der Waals surface area contributed by atoms with E-state index >= 15 is 0 Å². The van der Waals surface area contributed by atoms with Crippen molar-refractivity contribution in [3.63, 3.8) is 0 Å². The lowest BCUT2D eigenvalue weighted by Gasteiger charge is -2.18. The van der Waals surface area contributed by atoms with Gasteiger partial charge in [0.25, 0.3) is 11.8 Å². The van der Waals surface area contributed by atoms with Gasteiger partial charge in [-0.05, 0) is 36.8 Å². The van der Waals surface area contributed by atoms with Crippen LogP contribution in [0.5, 0.6) is 0 Å². The fourth-order valence-corrected chi connectivity index (χ4v) is 4.50. The van der Waals surface area contributed by atoms with Crippen molar-refractivity contribution in [1.82, 2.24) is 20.2 Å². The highest BCUT2D eigenvalue weighted by Crippen LogP contribution is 2.31. The number of likely N-dealkylation sites (tertiary alicyclic amines) is 1. The second-order valence-electron chi connectivity index (χ2n) is 8.20. The molecule has 5 rings (SSSR count). The summed E-state index contributed by atoms with van der Waals surface area (Å²) in [5, 5.41) is 13.4. The molecule has 0 bridgehead atoms. The number of nitrogens with zero attached hydrogens (tertiary/aromatic N) is 3. The predicted molar refractivity (Wildman–Crippen MR) is 126 cm³/mol. The number of carbonyl (C=O) groups excluding carboxylic acids is 2. The van der Waals surface area contributed by atoms with E-state index in [1.807, 2.05) is 65.6 Å². The van der Waals surface area contributed by atoms with Crippen molar-refractivity contribution in [2.45, 2.75) is 12.3 Å². The number of pyridine rings is 2. The van der Waals surface area contributed by atoms with Crippen LogP contribution in [0.1, 0.15) is 38.7 Å². The van der Waals surface area contributed by atoms with Crippen LogP contribution in [0.2, 0.25) is 0 Å². The Bertz CT molecular complexity index is 1350. The number of aliphatic hydroxyl groups is 1. The highest BCUT2D eigenvalue weighted by Gasteiger charge is 2.30. The summed E-state index contributed by atoms with van der Waals surface area (Å²) < 4.78 is 0. The van der Waals surface area contributed by atoms with Crippen molar-refractivity contribution in [1.29, 1.82) is 0 Å². The van der Waals surface area contributed by atoms with Crippen LogP contribution in [-0.4, -0.2) is 58.0 Å². The van der Waals surface area contributed by atoms with Crippen molar-refractivity contribution < 1.29 is 14.7 Å². The molecule has 2 N–H and O–H groups in total. The molecule has 2 aromatic heterocycles. The zero-order valence-corrected chi connectivity index (χ0v) is 18.1. The molecule has 0 saturated carbocycles. The first-order chi connectivity index (χ1) is 16.2. The highest BCUT2D eigenvalue weighted by molar-refractivity contribution is 6.07. The molecule has 2 amide bonds. The van der Waals surface area contributed by atoms with Crippen molar-refractivity contribution in [2.75, 3.05) is 26.2 Å². The minimum absolute atomic E-state index is 0.0159. The first kappa shape index (κ1) is 21.0. The van der Waals surface area contributed by atoms with Crippen LogP contribution >= 0.6 is 0 Å². The third-order valence-electron chi connectivity index (χ3n) is 6.15. The Morgan fingerprint density at radius 1 is 1.00 bits per heavy atom. The Kier molecular flexibility index (Phi) is 5.71. The molecule has 2 aromatic carbocycles. The zero-order valence-electron chi connectivity index (χ0n) is 18.1. The zero-order chi connectivity index (χ0) is 22.8. The number of rotatable bonds is 5. The molecule has 0 aliphatic carbocycles. The molecule has 166 valence electrons. The molecule has 1 saturated heterocycles. The molecule has 1 aliphatic heterocycles. The van der Waals surface area contributed by atoms with Crippen molar-refractivity contribution in [3.05, 3.63) is 83.7 Å². The van der Waals surface area contributed by atoms with E-state index in [9.17, 15) is 9.59 Å². The van der Waals surface area contributed by atoms with Crippen molar-refractivity contribution in [3.8, 4) is 0 Å². The second kappa shape index (κ2) is 8.96. The molecule has 1 aliphatic rings. The number of aliphatic hydroxyl groups excluding tert-OH is 1. The number of hydrogen-bond acceptors (Lipinski definition) is 5. The SMILES string of the molecule is O=C(NCCO)c1cc(C2CCN(C(=O)c3cccc4ncccc34)C2)nc2ccccc12. The number of benzene rings is 2.